The van der Waals surface area contributed by atoms with Crippen molar-refractivity contribution >= 4 is 12.1 Å². The van der Waals surface area contributed by atoms with Crippen LogP contribution >= 0.6 is 0 Å². The molecule has 2 N–H and O–H groups in total. The molecule has 6 heteroatoms. The van der Waals surface area contributed by atoms with Crippen molar-refractivity contribution in [2.24, 2.45) is 0 Å². The number of fused-ring (bicyclic) bond motifs is 3. The van der Waals surface area contributed by atoms with Crippen molar-refractivity contribution in [3.05, 3.63) is 89.5 Å². The Labute approximate surface area is 193 Å². The maximum Gasteiger partial charge on any atom is 0.407 e. The lowest BCUT2D eigenvalue weighted by atomic mass is 9.98. The molecule has 170 valence electrons. The second kappa shape index (κ2) is 10.2. The number of carboxylic acid groups (broad SMARTS) is 1. The highest BCUT2D eigenvalue weighted by molar-refractivity contribution is 5.81. The van der Waals surface area contributed by atoms with Crippen LogP contribution in [0.5, 0.6) is 5.75 Å². The molecule has 1 aliphatic rings. The van der Waals surface area contributed by atoms with E-state index in [1.807, 2.05) is 60.7 Å². The lowest BCUT2D eigenvalue weighted by Crippen LogP contribution is -2.41. The van der Waals surface area contributed by atoms with Gasteiger partial charge in [-0.3, -0.25) is 0 Å². The number of alkyl carbamates (subject to hydrolysis) is 1. The Hall–Kier alpha value is -3.80. The number of benzene rings is 3. The van der Waals surface area contributed by atoms with Gasteiger partial charge in [-0.15, -0.1) is 0 Å². The predicted octanol–water partition coefficient (Wildman–Crippen LogP) is 5.01. The Bertz CT molecular complexity index is 1100. The number of carboxylic acids is 1. The summed E-state index contributed by atoms with van der Waals surface area (Å²) in [5, 5.41) is 12.1. The van der Waals surface area contributed by atoms with Gasteiger partial charge in [0.25, 0.3) is 0 Å². The Kier molecular flexibility index (Phi) is 6.93. The topological polar surface area (TPSA) is 84.9 Å². The largest absolute Gasteiger partial charge is 0.497 e. The zero-order chi connectivity index (χ0) is 23.2. The van der Waals surface area contributed by atoms with Crippen LogP contribution < -0.4 is 10.1 Å². The van der Waals surface area contributed by atoms with Gasteiger partial charge in [0.15, 0.2) is 0 Å². The summed E-state index contributed by atoms with van der Waals surface area (Å²) in [6.07, 6.45) is 0.878. The number of nitrogens with one attached hydrogen (secondary N) is 1. The predicted molar refractivity (Wildman–Crippen MR) is 126 cm³/mol. The minimum Gasteiger partial charge on any atom is -0.497 e. The van der Waals surface area contributed by atoms with Gasteiger partial charge in [-0.05, 0) is 59.2 Å². The normalized spacial score (nSPS) is 13.0. The molecule has 4 rings (SSSR count). The summed E-state index contributed by atoms with van der Waals surface area (Å²) in [6.45, 7) is 0.149. The first kappa shape index (κ1) is 22.4. The molecule has 0 saturated heterocycles. The standard InChI is InChI=1S/C27H27NO5/c1-32-19-10-6-8-18(16-19)9-7-15-25(26(29)30)28-27(31)33-17-24-22-13-4-2-11-20(22)21-12-3-5-14-23(21)24/h2-6,8,10-14,16,24-25H,7,9,15,17H2,1H3,(H,28,31)(H,29,30)/t25-/m0/s1. The fourth-order valence-electron chi connectivity index (χ4n) is 4.38. The van der Waals surface area contributed by atoms with Gasteiger partial charge in [0.1, 0.15) is 18.4 Å². The van der Waals surface area contributed by atoms with Crippen LogP contribution in [0.2, 0.25) is 0 Å². The molecule has 0 spiro atoms. The number of amides is 1. The number of ether oxygens (including phenoxy) is 2. The number of carbonyl (C=O) groups is 2. The SMILES string of the molecule is COc1cccc(CCC[C@H](NC(=O)OCC2c3ccccc3-c3ccccc32)C(=O)O)c1. The number of carbonyl (C=O) groups excluding carboxylic acids is 1. The van der Waals surface area contributed by atoms with Crippen LogP contribution in [0.3, 0.4) is 0 Å². The minimum atomic E-state index is -1.07. The molecule has 0 bridgehead atoms. The van der Waals surface area contributed by atoms with Crippen molar-refractivity contribution in [3.63, 3.8) is 0 Å². The minimum absolute atomic E-state index is 0.0699. The van der Waals surface area contributed by atoms with Crippen LogP contribution in [0.1, 0.15) is 35.4 Å². The molecule has 0 radical (unpaired) electrons. The van der Waals surface area contributed by atoms with Gasteiger partial charge < -0.3 is 19.9 Å². The van der Waals surface area contributed by atoms with E-state index >= 15 is 0 Å². The first-order valence-corrected chi connectivity index (χ1v) is 11.0. The highest BCUT2D eigenvalue weighted by Gasteiger charge is 2.29. The van der Waals surface area contributed by atoms with E-state index in [1.165, 1.54) is 0 Å². The summed E-state index contributed by atoms with van der Waals surface area (Å²) in [4.78, 5) is 24.1. The highest BCUT2D eigenvalue weighted by Crippen LogP contribution is 2.44. The summed E-state index contributed by atoms with van der Waals surface area (Å²) < 4.78 is 10.7. The quantitative estimate of drug-likeness (QED) is 0.484. The van der Waals surface area contributed by atoms with Crippen molar-refractivity contribution < 1.29 is 24.2 Å². The molecule has 0 aromatic heterocycles. The Morgan fingerprint density at radius 2 is 1.64 bits per heavy atom. The number of aliphatic carboxylic acids is 1. The van der Waals surface area contributed by atoms with Crippen LogP contribution in [0.25, 0.3) is 11.1 Å². The van der Waals surface area contributed by atoms with E-state index < -0.39 is 18.1 Å². The molecule has 3 aromatic carbocycles. The Morgan fingerprint density at radius 1 is 0.970 bits per heavy atom. The first-order chi connectivity index (χ1) is 16.1. The molecular formula is C27H27NO5. The van der Waals surface area contributed by atoms with Crippen LogP contribution in [-0.2, 0) is 16.0 Å². The van der Waals surface area contributed by atoms with E-state index in [-0.39, 0.29) is 12.5 Å². The summed E-state index contributed by atoms with van der Waals surface area (Å²) in [6, 6.07) is 22.8. The third-order valence-corrected chi connectivity index (χ3v) is 6.03. The van der Waals surface area contributed by atoms with Gasteiger partial charge in [0.05, 0.1) is 7.11 Å². The maximum atomic E-state index is 12.4. The third kappa shape index (κ3) is 5.17. The van der Waals surface area contributed by atoms with E-state index in [0.717, 1.165) is 33.6 Å². The van der Waals surface area contributed by atoms with Crippen molar-refractivity contribution in [1.82, 2.24) is 5.32 Å². The zero-order valence-corrected chi connectivity index (χ0v) is 18.5. The molecule has 0 unspecified atom stereocenters. The molecule has 0 heterocycles. The average molecular weight is 446 g/mol. The molecule has 1 aliphatic carbocycles. The second-order valence-corrected chi connectivity index (χ2v) is 8.10. The number of methoxy groups -OCH3 is 1. The Balaban J connectivity index is 1.33. The molecular weight excluding hydrogens is 418 g/mol. The number of rotatable bonds is 9. The second-order valence-electron chi connectivity index (χ2n) is 8.10. The van der Waals surface area contributed by atoms with Crippen LogP contribution in [-0.4, -0.2) is 36.9 Å². The zero-order valence-electron chi connectivity index (χ0n) is 18.5. The lowest BCUT2D eigenvalue weighted by Gasteiger charge is -2.17. The van der Waals surface area contributed by atoms with Crippen LogP contribution in [0.4, 0.5) is 4.79 Å². The van der Waals surface area contributed by atoms with Gasteiger partial charge in [0, 0.05) is 5.92 Å². The van der Waals surface area contributed by atoms with Crippen molar-refractivity contribution in [2.75, 3.05) is 13.7 Å². The van der Waals surface area contributed by atoms with Crippen molar-refractivity contribution in [2.45, 2.75) is 31.2 Å². The van der Waals surface area contributed by atoms with Gasteiger partial charge in [-0.1, -0.05) is 60.7 Å². The molecule has 3 aromatic rings. The first-order valence-electron chi connectivity index (χ1n) is 11.0. The van der Waals surface area contributed by atoms with Gasteiger partial charge in [-0.2, -0.15) is 0 Å². The highest BCUT2D eigenvalue weighted by atomic mass is 16.5. The van der Waals surface area contributed by atoms with E-state index in [2.05, 4.69) is 17.4 Å². The summed E-state index contributed by atoms with van der Waals surface area (Å²) in [7, 11) is 1.61. The number of hydrogen-bond acceptors (Lipinski definition) is 4. The molecule has 0 fully saturated rings. The van der Waals surface area contributed by atoms with Gasteiger partial charge in [0.2, 0.25) is 0 Å². The molecule has 6 nitrogen and oxygen atoms in total. The van der Waals surface area contributed by atoms with E-state index in [9.17, 15) is 14.7 Å². The maximum absolute atomic E-state index is 12.4. The van der Waals surface area contributed by atoms with Crippen LogP contribution in [0, 0.1) is 0 Å². The lowest BCUT2D eigenvalue weighted by molar-refractivity contribution is -0.139. The van der Waals surface area contributed by atoms with Crippen LogP contribution in [0.15, 0.2) is 72.8 Å². The van der Waals surface area contributed by atoms with Crippen molar-refractivity contribution in [3.8, 4) is 16.9 Å². The summed E-state index contributed by atoms with van der Waals surface area (Å²) in [5.41, 5.74) is 5.56. The van der Waals surface area contributed by atoms with Gasteiger partial charge >= 0.3 is 12.1 Å². The smallest absolute Gasteiger partial charge is 0.407 e. The average Bonchev–Trinajstić information content (AvgIpc) is 3.16. The Morgan fingerprint density at radius 3 is 2.27 bits per heavy atom. The van der Waals surface area contributed by atoms with E-state index in [0.29, 0.717) is 19.3 Å². The summed E-state index contributed by atoms with van der Waals surface area (Å²) in [5.74, 6) is -0.382. The molecule has 0 saturated carbocycles. The van der Waals surface area contributed by atoms with E-state index in [1.54, 1.807) is 7.11 Å². The fourth-order valence-corrected chi connectivity index (χ4v) is 4.38. The number of aryl methyl sites for hydroxylation is 1. The van der Waals surface area contributed by atoms with E-state index in [4.69, 9.17) is 9.47 Å². The fraction of sp³-hybridized carbons (Fsp3) is 0.259. The molecule has 1 atom stereocenters. The number of hydrogen-bond donors (Lipinski definition) is 2. The monoisotopic (exact) mass is 445 g/mol. The van der Waals surface area contributed by atoms with Crippen molar-refractivity contribution in [1.29, 1.82) is 0 Å². The molecule has 0 aliphatic heterocycles. The molecule has 1 amide bonds. The summed E-state index contributed by atoms with van der Waals surface area (Å²) >= 11 is 0. The molecule has 33 heavy (non-hydrogen) atoms. The third-order valence-electron chi connectivity index (χ3n) is 6.03. The van der Waals surface area contributed by atoms with Gasteiger partial charge in [-0.25, -0.2) is 9.59 Å².